The predicted octanol–water partition coefficient (Wildman–Crippen LogP) is 1.67. The van der Waals surface area contributed by atoms with Crippen LogP contribution in [-0.2, 0) is 4.74 Å². The molecule has 0 aliphatic carbocycles. The van der Waals surface area contributed by atoms with Gasteiger partial charge >= 0.3 is 12.0 Å². The first-order valence-electron chi connectivity index (χ1n) is 4.60. The number of nitrogens with zero attached hydrogens (tertiary/aromatic N) is 1. The fourth-order valence-electron chi connectivity index (χ4n) is 1.30. The Morgan fingerprint density at radius 2 is 1.76 bits per heavy atom. The largest absolute Gasteiger partial charge is 0.498 e. The maximum absolute atomic E-state index is 11.4. The number of hydrogen-bond acceptors (Lipinski definition) is 5. The van der Waals surface area contributed by atoms with E-state index in [1.165, 1.54) is 33.5 Å². The molecule has 6 nitrogen and oxygen atoms in total. The van der Waals surface area contributed by atoms with E-state index in [1.807, 2.05) is 0 Å². The minimum absolute atomic E-state index is 0.248. The lowest BCUT2D eigenvalue weighted by Crippen LogP contribution is -2.04. The highest BCUT2D eigenvalue weighted by molar-refractivity contribution is 5.91. The fraction of sp³-hybridized carbons (Fsp3) is 0.273. The molecule has 0 fully saturated rings. The van der Waals surface area contributed by atoms with Gasteiger partial charge in [0.25, 0.3) is 0 Å². The first kappa shape index (κ1) is 12.6. The molecule has 0 spiro atoms. The molecule has 0 amide bonds. The van der Waals surface area contributed by atoms with Crippen molar-refractivity contribution < 1.29 is 19.0 Å². The molecule has 1 rings (SSSR count). The molecule has 6 heteroatoms. The minimum atomic E-state index is -0.535. The summed E-state index contributed by atoms with van der Waals surface area (Å²) in [5.74, 6) is -0.0269. The number of carbonyl (C=O) groups is 1. The molecule has 90 valence electrons. The summed E-state index contributed by atoms with van der Waals surface area (Å²) in [6, 6.07) is 5.04. The zero-order valence-electron chi connectivity index (χ0n) is 9.64. The first-order valence-corrected chi connectivity index (χ1v) is 4.60. The maximum atomic E-state index is 11.4. The highest BCUT2D eigenvalue weighted by Gasteiger charge is 2.18. The number of esters is 1. The van der Waals surface area contributed by atoms with Crippen LogP contribution < -0.4 is 9.47 Å². The van der Waals surface area contributed by atoms with Gasteiger partial charge in [0.2, 0.25) is 0 Å². The average Bonchev–Trinajstić information content (AvgIpc) is 2.38. The van der Waals surface area contributed by atoms with Crippen LogP contribution in [0, 0.1) is 11.3 Å². The Labute approximate surface area is 98.1 Å². The zero-order valence-corrected chi connectivity index (χ0v) is 9.64. The summed E-state index contributed by atoms with van der Waals surface area (Å²) in [4.78, 5) is 11.4. The average molecular weight is 237 g/mol. The van der Waals surface area contributed by atoms with Gasteiger partial charge in [-0.15, -0.1) is 0 Å². The Kier molecular flexibility index (Phi) is 4.17. The Morgan fingerprint density at radius 1 is 1.24 bits per heavy atom. The Balaban J connectivity index is 3.42. The second-order valence-electron chi connectivity index (χ2n) is 2.95. The van der Waals surface area contributed by atoms with E-state index in [-0.39, 0.29) is 22.6 Å². The van der Waals surface area contributed by atoms with Crippen LogP contribution in [0.1, 0.15) is 15.9 Å². The van der Waals surface area contributed by atoms with Gasteiger partial charge in [-0.3, -0.25) is 0 Å². The van der Waals surface area contributed by atoms with Gasteiger partial charge in [0.15, 0.2) is 5.56 Å². The zero-order chi connectivity index (χ0) is 12.8. The van der Waals surface area contributed by atoms with E-state index >= 15 is 0 Å². The number of rotatable bonds is 3. The van der Waals surface area contributed by atoms with Crippen LogP contribution in [0.5, 0.6) is 11.5 Å². The third-order valence-corrected chi connectivity index (χ3v) is 2.08. The summed E-state index contributed by atoms with van der Waals surface area (Å²) in [6.07, 6.45) is 0. The summed E-state index contributed by atoms with van der Waals surface area (Å²) in [6.45, 7) is 0. The van der Waals surface area contributed by atoms with E-state index in [9.17, 15) is 10.0 Å². The second-order valence-corrected chi connectivity index (χ2v) is 2.95. The quantitative estimate of drug-likeness (QED) is 0.590. The topological polar surface area (TPSA) is 72.2 Å². The first-order chi connectivity index (χ1) is 8.17. The molecular formula is C11H11NO5. The van der Waals surface area contributed by atoms with Crippen LogP contribution in [0.15, 0.2) is 12.1 Å². The van der Waals surface area contributed by atoms with Crippen molar-refractivity contribution in [1.29, 1.82) is 0 Å². The number of carbonyl (C=O) groups excluding carboxylic acids is 1. The molecule has 0 aliphatic rings. The maximum Gasteiger partial charge on any atom is 0.344 e. The molecule has 0 saturated heterocycles. The standard InChI is InChI=1S/C11H11NO5/c1-15-9-4-7(11(13)17-3)5-10(16-2)8(9)6-12-14/h4-5H,1-3H3. The van der Waals surface area contributed by atoms with E-state index in [0.29, 0.717) is 0 Å². The molecule has 0 atom stereocenters. The van der Waals surface area contributed by atoms with Gasteiger partial charge < -0.3 is 19.4 Å². The third-order valence-electron chi connectivity index (χ3n) is 2.08. The normalized spacial score (nSPS) is 8.88. The molecule has 17 heavy (non-hydrogen) atoms. The van der Waals surface area contributed by atoms with E-state index in [0.717, 1.165) is 0 Å². The minimum Gasteiger partial charge on any atom is -0.498 e. The van der Waals surface area contributed by atoms with Crippen molar-refractivity contribution in [1.82, 2.24) is 0 Å². The SMILES string of the molecule is COC(=O)c1cc(OC)c(C#[N+][O-])c(OC)c1. The molecule has 0 radical (unpaired) electrons. The van der Waals surface area contributed by atoms with Crippen LogP contribution >= 0.6 is 0 Å². The lowest BCUT2D eigenvalue weighted by atomic mass is 10.1. The van der Waals surface area contributed by atoms with Crippen molar-refractivity contribution >= 4 is 5.97 Å². The van der Waals surface area contributed by atoms with Gasteiger partial charge in [0.1, 0.15) is 11.5 Å². The van der Waals surface area contributed by atoms with Gasteiger partial charge in [-0.2, -0.15) is 0 Å². The van der Waals surface area contributed by atoms with E-state index in [4.69, 9.17) is 9.47 Å². The molecule has 0 unspecified atom stereocenters. The summed E-state index contributed by atoms with van der Waals surface area (Å²) >= 11 is 0. The van der Waals surface area contributed by atoms with Gasteiger partial charge in [0, 0.05) is 5.01 Å². The van der Waals surface area contributed by atoms with Gasteiger partial charge in [-0.25, -0.2) is 4.79 Å². The summed E-state index contributed by atoms with van der Waals surface area (Å²) in [7, 11) is 4.05. The molecule has 1 aromatic carbocycles. The highest BCUT2D eigenvalue weighted by Crippen LogP contribution is 2.30. The smallest absolute Gasteiger partial charge is 0.344 e. The molecular weight excluding hydrogens is 226 g/mol. The molecule has 0 saturated carbocycles. The highest BCUT2D eigenvalue weighted by atomic mass is 16.5. The van der Waals surface area contributed by atoms with Gasteiger partial charge in [-0.1, -0.05) is 0 Å². The molecule has 0 aliphatic heterocycles. The van der Waals surface area contributed by atoms with Crippen LogP contribution in [0.3, 0.4) is 0 Å². The lowest BCUT2D eigenvalue weighted by Gasteiger charge is -2.08. The lowest BCUT2D eigenvalue weighted by molar-refractivity contribution is 0.0600. The summed E-state index contributed by atoms with van der Waals surface area (Å²) in [5.41, 5.74) is 0.496. The molecule has 0 heterocycles. The van der Waals surface area contributed by atoms with Crippen LogP contribution in [0.25, 0.3) is 5.01 Å². The van der Waals surface area contributed by atoms with Crippen LogP contribution in [0.4, 0.5) is 0 Å². The summed E-state index contributed by atoms with van der Waals surface area (Å²) in [5, 5.41) is 12.8. The van der Waals surface area contributed by atoms with Crippen molar-refractivity contribution in [3.05, 3.63) is 33.5 Å². The number of benzene rings is 1. The van der Waals surface area contributed by atoms with E-state index < -0.39 is 5.97 Å². The Hall–Kier alpha value is -2.42. The fourth-order valence-corrected chi connectivity index (χ4v) is 1.30. The van der Waals surface area contributed by atoms with Crippen molar-refractivity contribution in [2.75, 3.05) is 21.3 Å². The monoisotopic (exact) mass is 237 g/mol. The summed E-state index contributed by atoms with van der Waals surface area (Å²) < 4.78 is 14.6. The molecule has 1 aromatic rings. The Morgan fingerprint density at radius 3 is 2.12 bits per heavy atom. The molecule has 0 aromatic heterocycles. The number of methoxy groups -OCH3 is 3. The van der Waals surface area contributed by atoms with Gasteiger partial charge in [0.05, 0.1) is 26.9 Å². The van der Waals surface area contributed by atoms with Crippen LogP contribution in [0.2, 0.25) is 0 Å². The van der Waals surface area contributed by atoms with Gasteiger partial charge in [-0.05, 0) is 12.1 Å². The van der Waals surface area contributed by atoms with Crippen molar-refractivity contribution in [2.24, 2.45) is 0 Å². The molecule has 0 N–H and O–H groups in total. The second kappa shape index (κ2) is 5.61. The van der Waals surface area contributed by atoms with Crippen molar-refractivity contribution in [3.8, 4) is 17.6 Å². The van der Waals surface area contributed by atoms with Crippen LogP contribution in [-0.4, -0.2) is 27.3 Å². The predicted molar refractivity (Wildman–Crippen MR) is 60.6 cm³/mol. The van der Waals surface area contributed by atoms with E-state index in [2.05, 4.69) is 15.8 Å². The van der Waals surface area contributed by atoms with Crippen molar-refractivity contribution in [2.45, 2.75) is 0 Å². The Bertz CT molecular complexity index is 461. The number of hydrogen-bond donors (Lipinski definition) is 0. The number of ether oxygens (including phenoxy) is 3. The third kappa shape index (κ3) is 2.58. The van der Waals surface area contributed by atoms with Crippen molar-refractivity contribution in [3.63, 3.8) is 0 Å². The van der Waals surface area contributed by atoms with E-state index in [1.54, 1.807) is 0 Å². The molecule has 0 bridgehead atoms.